The van der Waals surface area contributed by atoms with Gasteiger partial charge in [0.05, 0.1) is 11.4 Å². The number of nitrogens with one attached hydrogen (secondary N) is 1. The van der Waals surface area contributed by atoms with Crippen LogP contribution in [0.4, 0.5) is 0 Å². The Balaban J connectivity index is 2.17. The summed E-state index contributed by atoms with van der Waals surface area (Å²) in [7, 11) is 0. The summed E-state index contributed by atoms with van der Waals surface area (Å²) >= 11 is 3.43. The van der Waals surface area contributed by atoms with Crippen LogP contribution in [0.25, 0.3) is 5.69 Å². The number of hydrogen-bond acceptors (Lipinski definition) is 4. The molecule has 0 bridgehead atoms. The first kappa shape index (κ1) is 17.6. The van der Waals surface area contributed by atoms with Crippen molar-refractivity contribution in [2.75, 3.05) is 6.54 Å². The molecule has 124 valence electrons. The SMILES string of the molecule is CCC(N)(CC)CNC(=O)c1nnn(-c2cccc(Br)c2)c1C. The minimum atomic E-state index is -0.385. The van der Waals surface area contributed by atoms with Crippen LogP contribution in [0.3, 0.4) is 0 Å². The van der Waals surface area contributed by atoms with E-state index >= 15 is 0 Å². The van der Waals surface area contributed by atoms with E-state index in [0.29, 0.717) is 17.9 Å². The molecule has 6 nitrogen and oxygen atoms in total. The van der Waals surface area contributed by atoms with Gasteiger partial charge >= 0.3 is 0 Å². The Morgan fingerprint density at radius 3 is 2.70 bits per heavy atom. The third kappa shape index (κ3) is 3.97. The number of carbonyl (C=O) groups excluding carboxylic acids is 1. The molecule has 0 unspecified atom stereocenters. The van der Waals surface area contributed by atoms with Crippen molar-refractivity contribution in [3.05, 3.63) is 40.1 Å². The van der Waals surface area contributed by atoms with Gasteiger partial charge in [-0.25, -0.2) is 4.68 Å². The summed E-state index contributed by atoms with van der Waals surface area (Å²) in [5.41, 5.74) is 7.68. The number of nitrogens with zero attached hydrogens (tertiary/aromatic N) is 3. The maximum atomic E-state index is 12.4. The van der Waals surface area contributed by atoms with Crippen LogP contribution in [-0.4, -0.2) is 33.0 Å². The molecule has 1 aromatic heterocycles. The third-order valence-electron chi connectivity index (χ3n) is 4.17. The second kappa shape index (κ2) is 7.23. The summed E-state index contributed by atoms with van der Waals surface area (Å²) < 4.78 is 2.59. The Bertz CT molecular complexity index is 694. The molecule has 2 rings (SSSR count). The van der Waals surface area contributed by atoms with Crippen molar-refractivity contribution in [1.82, 2.24) is 20.3 Å². The quantitative estimate of drug-likeness (QED) is 0.807. The highest BCUT2D eigenvalue weighted by Gasteiger charge is 2.23. The molecule has 0 spiro atoms. The van der Waals surface area contributed by atoms with E-state index in [4.69, 9.17) is 5.73 Å². The maximum absolute atomic E-state index is 12.4. The van der Waals surface area contributed by atoms with Crippen LogP contribution in [0, 0.1) is 6.92 Å². The average Bonchev–Trinajstić information content (AvgIpc) is 2.94. The van der Waals surface area contributed by atoms with Crippen LogP contribution in [0.5, 0.6) is 0 Å². The number of hydrogen-bond donors (Lipinski definition) is 2. The zero-order valence-corrected chi connectivity index (χ0v) is 15.2. The van der Waals surface area contributed by atoms with Crippen LogP contribution in [0.2, 0.25) is 0 Å². The lowest BCUT2D eigenvalue weighted by atomic mass is 9.94. The van der Waals surface area contributed by atoms with Crippen LogP contribution in [0.15, 0.2) is 28.7 Å². The minimum absolute atomic E-state index is 0.250. The van der Waals surface area contributed by atoms with Gasteiger partial charge in [-0.1, -0.05) is 41.1 Å². The molecule has 0 atom stereocenters. The van der Waals surface area contributed by atoms with E-state index in [2.05, 4.69) is 31.6 Å². The summed E-state index contributed by atoms with van der Waals surface area (Å²) in [5.74, 6) is -0.250. The smallest absolute Gasteiger partial charge is 0.273 e. The Hall–Kier alpha value is -1.73. The molecule has 7 heteroatoms. The Kier molecular flexibility index (Phi) is 5.54. The van der Waals surface area contributed by atoms with Crippen LogP contribution in [0.1, 0.15) is 42.9 Å². The fourth-order valence-corrected chi connectivity index (χ4v) is 2.62. The molecular weight excluding hydrogens is 358 g/mol. The lowest BCUT2D eigenvalue weighted by Gasteiger charge is -2.26. The van der Waals surface area contributed by atoms with E-state index in [1.54, 1.807) is 4.68 Å². The van der Waals surface area contributed by atoms with Gasteiger partial charge in [0.25, 0.3) is 5.91 Å². The lowest BCUT2D eigenvalue weighted by Crippen LogP contribution is -2.49. The molecule has 23 heavy (non-hydrogen) atoms. The van der Waals surface area contributed by atoms with Crippen molar-refractivity contribution < 1.29 is 4.79 Å². The molecule has 0 aliphatic heterocycles. The fourth-order valence-electron chi connectivity index (χ4n) is 2.23. The average molecular weight is 380 g/mol. The highest BCUT2D eigenvalue weighted by atomic mass is 79.9. The number of nitrogens with two attached hydrogens (primary N) is 1. The van der Waals surface area contributed by atoms with E-state index < -0.39 is 0 Å². The summed E-state index contributed by atoms with van der Waals surface area (Å²) in [4.78, 5) is 12.4. The van der Waals surface area contributed by atoms with Gasteiger partial charge in [-0.15, -0.1) is 5.10 Å². The van der Waals surface area contributed by atoms with E-state index in [1.165, 1.54) is 0 Å². The number of halogens is 1. The molecule has 0 aliphatic carbocycles. The molecule has 1 amide bonds. The molecule has 3 N–H and O–H groups in total. The monoisotopic (exact) mass is 379 g/mol. The molecule has 0 radical (unpaired) electrons. The first-order valence-electron chi connectivity index (χ1n) is 7.65. The number of aromatic nitrogens is 3. The number of carbonyl (C=O) groups is 1. The van der Waals surface area contributed by atoms with Crippen molar-refractivity contribution in [1.29, 1.82) is 0 Å². The second-order valence-corrected chi connectivity index (χ2v) is 6.58. The topological polar surface area (TPSA) is 85.8 Å². The summed E-state index contributed by atoms with van der Waals surface area (Å²) in [6, 6.07) is 7.67. The van der Waals surface area contributed by atoms with E-state index in [1.807, 2.05) is 45.0 Å². The van der Waals surface area contributed by atoms with Gasteiger partial charge in [0.1, 0.15) is 0 Å². The van der Waals surface area contributed by atoms with Crippen molar-refractivity contribution in [3.8, 4) is 5.69 Å². The van der Waals surface area contributed by atoms with Crippen molar-refractivity contribution >= 4 is 21.8 Å². The van der Waals surface area contributed by atoms with Crippen molar-refractivity contribution in [2.45, 2.75) is 39.2 Å². The molecule has 0 saturated carbocycles. The second-order valence-electron chi connectivity index (χ2n) is 5.67. The lowest BCUT2D eigenvalue weighted by molar-refractivity contribution is 0.0936. The van der Waals surface area contributed by atoms with E-state index in [9.17, 15) is 4.79 Å². The Morgan fingerprint density at radius 2 is 2.09 bits per heavy atom. The molecule has 0 saturated heterocycles. The molecule has 1 heterocycles. The fraction of sp³-hybridized carbons (Fsp3) is 0.438. The predicted molar refractivity (Wildman–Crippen MR) is 93.6 cm³/mol. The summed E-state index contributed by atoms with van der Waals surface area (Å²) in [5, 5.41) is 11.0. The van der Waals surface area contributed by atoms with Crippen molar-refractivity contribution in [2.24, 2.45) is 5.73 Å². The number of rotatable bonds is 6. The first-order chi connectivity index (χ1) is 10.9. The van der Waals surface area contributed by atoms with Gasteiger partial charge in [0, 0.05) is 16.6 Å². The first-order valence-corrected chi connectivity index (χ1v) is 8.45. The standard InChI is InChI=1S/C16H22BrN5O/c1-4-16(18,5-2)10-19-15(23)14-11(3)22(21-20-14)13-8-6-7-12(17)9-13/h6-9H,4-5,10,18H2,1-3H3,(H,19,23). The van der Waals surface area contributed by atoms with Crippen LogP contribution < -0.4 is 11.1 Å². The Morgan fingerprint density at radius 1 is 1.39 bits per heavy atom. The van der Waals surface area contributed by atoms with E-state index in [0.717, 1.165) is 23.0 Å². The molecule has 2 aromatic rings. The summed E-state index contributed by atoms with van der Waals surface area (Å²) in [6.45, 7) is 6.28. The van der Waals surface area contributed by atoms with Crippen LogP contribution >= 0.6 is 15.9 Å². The highest BCUT2D eigenvalue weighted by Crippen LogP contribution is 2.17. The predicted octanol–water partition coefficient (Wildman–Crippen LogP) is 2.59. The van der Waals surface area contributed by atoms with Gasteiger partial charge in [0.2, 0.25) is 0 Å². The van der Waals surface area contributed by atoms with Gasteiger partial charge in [-0.05, 0) is 38.0 Å². The van der Waals surface area contributed by atoms with Gasteiger partial charge in [-0.3, -0.25) is 4.79 Å². The van der Waals surface area contributed by atoms with Gasteiger partial charge in [0.15, 0.2) is 5.69 Å². The minimum Gasteiger partial charge on any atom is -0.349 e. The normalized spacial score (nSPS) is 11.5. The van der Waals surface area contributed by atoms with Gasteiger partial charge < -0.3 is 11.1 Å². The largest absolute Gasteiger partial charge is 0.349 e. The number of amides is 1. The third-order valence-corrected chi connectivity index (χ3v) is 4.66. The number of benzene rings is 1. The Labute approximate surface area is 144 Å². The molecule has 0 fully saturated rings. The van der Waals surface area contributed by atoms with E-state index in [-0.39, 0.29) is 11.4 Å². The molecule has 0 aliphatic rings. The van der Waals surface area contributed by atoms with Crippen LogP contribution in [-0.2, 0) is 0 Å². The van der Waals surface area contributed by atoms with Gasteiger partial charge in [-0.2, -0.15) is 0 Å². The zero-order valence-electron chi connectivity index (χ0n) is 13.6. The van der Waals surface area contributed by atoms with Crippen molar-refractivity contribution in [3.63, 3.8) is 0 Å². The zero-order chi connectivity index (χ0) is 17.0. The summed E-state index contributed by atoms with van der Waals surface area (Å²) in [6.07, 6.45) is 1.60. The maximum Gasteiger partial charge on any atom is 0.273 e. The highest BCUT2D eigenvalue weighted by molar-refractivity contribution is 9.10. The molecule has 1 aromatic carbocycles. The molecular formula is C16H22BrN5O.